The van der Waals surface area contributed by atoms with E-state index in [0.29, 0.717) is 18.4 Å². The number of fused-ring (bicyclic) bond motifs is 6. The van der Waals surface area contributed by atoms with E-state index in [0.717, 1.165) is 57.0 Å². The number of benzene rings is 4. The zero-order chi connectivity index (χ0) is 58.5. The number of nitrogens with two attached hydrogens (primary N) is 2. The van der Waals surface area contributed by atoms with Gasteiger partial charge in [-0.3, -0.25) is 24.0 Å². The van der Waals surface area contributed by atoms with Crippen LogP contribution in [-0.2, 0) is 43.0 Å². The van der Waals surface area contributed by atoms with E-state index in [1.807, 2.05) is 84.9 Å². The van der Waals surface area contributed by atoms with Gasteiger partial charge in [-0.15, -0.1) is 13.2 Å². The lowest BCUT2D eigenvalue weighted by Gasteiger charge is -2.17. The first-order valence-corrected chi connectivity index (χ1v) is 24.2. The van der Waals surface area contributed by atoms with Crippen LogP contribution < -0.4 is 27.4 Å². The third-order valence-corrected chi connectivity index (χ3v) is 11.1. The first kappa shape index (κ1) is 66.7. The van der Waals surface area contributed by atoms with Crippen LogP contribution in [0.4, 0.5) is 9.59 Å². The summed E-state index contributed by atoms with van der Waals surface area (Å²) in [6.45, 7) is 16.2. The Bertz CT molecular complexity index is 2470. The van der Waals surface area contributed by atoms with Crippen molar-refractivity contribution in [2.45, 2.75) is 103 Å². The molecule has 0 saturated heterocycles. The van der Waals surface area contributed by atoms with Crippen LogP contribution in [0.1, 0.15) is 101 Å². The van der Waals surface area contributed by atoms with Gasteiger partial charge in [-0.05, 0) is 106 Å². The van der Waals surface area contributed by atoms with E-state index in [2.05, 4.69) is 47.0 Å². The van der Waals surface area contributed by atoms with Gasteiger partial charge in [0, 0.05) is 31.6 Å². The van der Waals surface area contributed by atoms with E-state index >= 15 is 0 Å². The fourth-order valence-corrected chi connectivity index (χ4v) is 7.80. The predicted molar refractivity (Wildman–Crippen MR) is 291 cm³/mol. The number of amides is 2. The summed E-state index contributed by atoms with van der Waals surface area (Å²) in [6, 6.07) is 28.5. The molecule has 0 heterocycles. The van der Waals surface area contributed by atoms with Crippen molar-refractivity contribution in [3.05, 3.63) is 144 Å². The van der Waals surface area contributed by atoms with Crippen molar-refractivity contribution in [2.75, 3.05) is 27.3 Å². The maximum absolute atomic E-state index is 12.1. The average Bonchev–Trinajstić information content (AvgIpc) is 3.86. The average molecular weight is 1070 g/mol. The Morgan fingerprint density at radius 2 is 0.779 bits per heavy atom. The molecule has 0 aliphatic heterocycles. The van der Waals surface area contributed by atoms with E-state index in [-0.39, 0.29) is 61.3 Å². The standard InChI is InChI=1S/C21H21NO4.C20H19NO5.C7H13NO2.C6H11NO2.C2H4O2.CH5N/c1-13(2)11-19(20(23)24)22-21(25)26-12-18-16-9-5-3-7-14(16)15-8-4-6-10-17(15)18;1-12(22)10-18(19(23)24)21-20(25)26-11-17-15-8-4-2-6-13(15)14-7-3-5-9-16(14)17;1-5(9)4-7(8-3)6(2)10;1-4(2)3-5(7)6(8)9;1-2(3)4;1-2/h3-10,18-19H,1,11-12H2,2H3,(H,22,25)(H,23,24);2-9,17-18H,10-11H2,1H3,(H,21,25)(H,23,24);7-8H,4H2,1-3H3;5H,1,3,7H2,2H3,(H,8,9);1H3,(H,3,4);2H2,1H3/t19-;18-;7-;5-;;/m1100../s1. The molecule has 6 rings (SSSR count). The van der Waals surface area contributed by atoms with Gasteiger partial charge in [0.15, 0.2) is 0 Å². The highest BCUT2D eigenvalue weighted by Gasteiger charge is 2.31. The maximum Gasteiger partial charge on any atom is 0.407 e. The monoisotopic (exact) mass is 1070 g/mol. The topological polar surface area (TPSA) is 341 Å². The molecular formula is C57H73N5O15. The smallest absolute Gasteiger partial charge is 0.407 e. The van der Waals surface area contributed by atoms with E-state index in [4.69, 9.17) is 35.3 Å². The maximum atomic E-state index is 12.1. The highest BCUT2D eigenvalue weighted by Crippen LogP contribution is 2.45. The van der Waals surface area contributed by atoms with Crippen molar-refractivity contribution in [3.8, 4) is 22.3 Å². The molecule has 416 valence electrons. The SMILES string of the molecule is C=C(C)C[C@@H](NC(=O)OCC1c2ccccc2-c2ccccc21)C(=O)O.C=C(C)C[C@H](N)C(=O)O.CC(=O)C[C@@H](NC(=O)OCC1c2ccccc2-c2ccccc21)C(=O)O.CC(=O)O.CN.CN[C@@H](CC(C)=O)C(C)=O. The number of rotatable bonds is 19. The Balaban J connectivity index is 0.000000541. The number of aliphatic carboxylic acids is 4. The Morgan fingerprint density at radius 1 is 0.494 bits per heavy atom. The van der Waals surface area contributed by atoms with E-state index < -0.39 is 54.2 Å². The molecule has 0 unspecified atom stereocenters. The number of nitrogens with one attached hydrogen (secondary N) is 3. The van der Waals surface area contributed by atoms with Crippen molar-refractivity contribution < 1.29 is 73.1 Å². The molecule has 0 aromatic heterocycles. The molecule has 4 aromatic carbocycles. The van der Waals surface area contributed by atoms with Gasteiger partial charge in [-0.1, -0.05) is 108 Å². The molecule has 0 radical (unpaired) electrons. The highest BCUT2D eigenvalue weighted by atomic mass is 16.6. The molecular weight excluding hydrogens is 995 g/mol. The van der Waals surface area contributed by atoms with Crippen molar-refractivity contribution in [3.63, 3.8) is 0 Å². The minimum absolute atomic E-state index is 0.0118. The second-order valence-electron chi connectivity index (χ2n) is 17.8. The van der Waals surface area contributed by atoms with Gasteiger partial charge in [0.1, 0.15) is 48.7 Å². The van der Waals surface area contributed by atoms with E-state index in [1.54, 1.807) is 20.9 Å². The second kappa shape index (κ2) is 34.3. The lowest BCUT2D eigenvalue weighted by atomic mass is 9.98. The van der Waals surface area contributed by atoms with Crippen LogP contribution in [0.15, 0.2) is 121 Å². The summed E-state index contributed by atoms with van der Waals surface area (Å²) in [7, 11) is 3.18. The summed E-state index contributed by atoms with van der Waals surface area (Å²) in [5.41, 5.74) is 20.0. The van der Waals surface area contributed by atoms with Gasteiger partial charge in [0.25, 0.3) is 5.97 Å². The van der Waals surface area contributed by atoms with Gasteiger partial charge in [-0.2, -0.15) is 0 Å². The summed E-state index contributed by atoms with van der Waals surface area (Å²) >= 11 is 0. The number of ether oxygens (including phenoxy) is 2. The molecule has 2 aliphatic rings. The molecule has 20 nitrogen and oxygen atoms in total. The third-order valence-electron chi connectivity index (χ3n) is 11.1. The Morgan fingerprint density at radius 3 is 1.00 bits per heavy atom. The molecule has 0 bridgehead atoms. The number of carbonyl (C=O) groups is 9. The number of hydrogen-bond donors (Lipinski definition) is 9. The van der Waals surface area contributed by atoms with Crippen LogP contribution in [-0.4, -0.2) is 125 Å². The van der Waals surface area contributed by atoms with Crippen LogP contribution in [0.3, 0.4) is 0 Å². The van der Waals surface area contributed by atoms with Crippen molar-refractivity contribution in [1.82, 2.24) is 16.0 Å². The number of carboxylic acid groups (broad SMARTS) is 4. The van der Waals surface area contributed by atoms with Gasteiger partial charge >= 0.3 is 30.1 Å². The minimum atomic E-state index is -1.29. The largest absolute Gasteiger partial charge is 0.481 e. The van der Waals surface area contributed by atoms with Crippen LogP contribution >= 0.6 is 0 Å². The summed E-state index contributed by atoms with van der Waals surface area (Å²) in [6.07, 6.45) is -1.04. The van der Waals surface area contributed by atoms with E-state index in [1.165, 1.54) is 27.8 Å². The molecule has 2 amide bonds. The first-order chi connectivity index (χ1) is 36.3. The quantitative estimate of drug-likeness (QED) is 0.0424. The predicted octanol–water partition coefficient (Wildman–Crippen LogP) is 7.07. The molecule has 20 heteroatoms. The summed E-state index contributed by atoms with van der Waals surface area (Å²) < 4.78 is 10.6. The van der Waals surface area contributed by atoms with E-state index in [9.17, 15) is 43.5 Å². The summed E-state index contributed by atoms with van der Waals surface area (Å²) in [5.74, 6) is -4.63. The number of Topliss-reactive ketones (excluding diaryl/α,β-unsaturated/α-hetero) is 3. The fraction of sp³-hybridized carbons (Fsp3) is 0.351. The summed E-state index contributed by atoms with van der Waals surface area (Å²) in [4.78, 5) is 97.9. The summed E-state index contributed by atoms with van der Waals surface area (Å²) in [5, 5.41) is 41.4. The number of carboxylic acids is 4. The van der Waals surface area contributed by atoms with Crippen LogP contribution in [0, 0.1) is 0 Å². The molecule has 0 spiro atoms. The Labute approximate surface area is 448 Å². The second-order valence-corrected chi connectivity index (χ2v) is 17.8. The van der Waals surface area contributed by atoms with Crippen LogP contribution in [0.25, 0.3) is 22.3 Å². The highest BCUT2D eigenvalue weighted by molar-refractivity contribution is 5.88. The first-order valence-electron chi connectivity index (χ1n) is 24.2. The molecule has 0 saturated carbocycles. The zero-order valence-corrected chi connectivity index (χ0v) is 44.8. The van der Waals surface area contributed by atoms with Crippen LogP contribution in [0.2, 0.25) is 0 Å². The Kier molecular flexibility index (Phi) is 29.7. The number of likely N-dealkylation sites (N-methyl/N-ethyl adjacent to an activating group) is 1. The number of carbonyl (C=O) groups excluding carboxylic acids is 5. The number of hydrogen-bond acceptors (Lipinski definition) is 14. The van der Waals surface area contributed by atoms with Gasteiger partial charge in [-0.25, -0.2) is 19.2 Å². The van der Waals surface area contributed by atoms with Crippen molar-refractivity contribution in [2.24, 2.45) is 11.5 Å². The minimum Gasteiger partial charge on any atom is -0.481 e. The van der Waals surface area contributed by atoms with Crippen molar-refractivity contribution in [1.29, 1.82) is 0 Å². The van der Waals surface area contributed by atoms with Crippen LogP contribution in [0.5, 0.6) is 0 Å². The molecule has 2 aliphatic carbocycles. The Hall–Kier alpha value is -8.33. The zero-order valence-electron chi connectivity index (χ0n) is 44.8. The molecule has 4 atom stereocenters. The lowest BCUT2D eigenvalue weighted by molar-refractivity contribution is -0.141. The molecule has 0 fully saturated rings. The van der Waals surface area contributed by atoms with Gasteiger partial charge in [0.2, 0.25) is 0 Å². The van der Waals surface area contributed by atoms with Gasteiger partial charge < -0.3 is 57.3 Å². The third kappa shape index (κ3) is 23.4. The fourth-order valence-electron chi connectivity index (χ4n) is 7.80. The normalized spacial score (nSPS) is 12.6. The lowest BCUT2D eigenvalue weighted by Crippen LogP contribution is -2.42. The number of alkyl carbamates (subject to hydrolysis) is 2. The molecule has 77 heavy (non-hydrogen) atoms. The van der Waals surface area contributed by atoms with Crippen molar-refractivity contribution >= 4 is 53.4 Å². The van der Waals surface area contributed by atoms with Gasteiger partial charge in [0.05, 0.1) is 6.04 Å². The molecule has 4 aromatic rings. The number of ketones is 3. The molecule has 11 N–H and O–H groups in total.